The zero-order chi connectivity index (χ0) is 17.0. The van der Waals surface area contributed by atoms with Crippen LogP contribution in [0.25, 0.3) is 11.3 Å². The smallest absolute Gasteiger partial charge is 0.315 e. The van der Waals surface area contributed by atoms with Crippen LogP contribution in [0.4, 0.5) is 4.79 Å². The number of urea groups is 1. The molecule has 24 heavy (non-hydrogen) atoms. The van der Waals surface area contributed by atoms with Crippen molar-refractivity contribution in [2.24, 2.45) is 5.92 Å². The largest absolute Gasteiger partial charge is 0.359 e. The van der Waals surface area contributed by atoms with Crippen molar-refractivity contribution in [2.45, 2.75) is 13.0 Å². The quantitative estimate of drug-likeness (QED) is 0.853. The van der Waals surface area contributed by atoms with Gasteiger partial charge >= 0.3 is 6.03 Å². The fourth-order valence-electron chi connectivity index (χ4n) is 2.64. The van der Waals surface area contributed by atoms with Gasteiger partial charge in [-0.1, -0.05) is 35.5 Å². The maximum Gasteiger partial charge on any atom is 0.315 e. The number of hydrogen-bond acceptors (Lipinski definition) is 5. The first-order valence-electron chi connectivity index (χ1n) is 7.75. The number of carbonyl (C=O) groups is 1. The van der Waals surface area contributed by atoms with E-state index in [2.05, 4.69) is 15.8 Å². The van der Waals surface area contributed by atoms with E-state index in [1.54, 1.807) is 6.07 Å². The normalized spacial score (nSPS) is 19.1. The Morgan fingerprint density at radius 1 is 1.25 bits per heavy atom. The first-order chi connectivity index (χ1) is 11.5. The molecular formula is C16H19N3O4S. The minimum absolute atomic E-state index is 0.00397. The molecule has 1 saturated heterocycles. The lowest BCUT2D eigenvalue weighted by Crippen LogP contribution is -2.38. The summed E-state index contributed by atoms with van der Waals surface area (Å²) in [6.45, 7) is 0.575. The highest BCUT2D eigenvalue weighted by Gasteiger charge is 2.27. The van der Waals surface area contributed by atoms with Gasteiger partial charge in [0.05, 0.1) is 18.1 Å². The molecule has 3 rings (SSSR count). The summed E-state index contributed by atoms with van der Waals surface area (Å²) >= 11 is 0. The Balaban J connectivity index is 1.44. The van der Waals surface area contributed by atoms with E-state index in [-0.39, 0.29) is 30.0 Å². The molecule has 7 nitrogen and oxygen atoms in total. The standard InChI is InChI=1S/C16H19N3O4S/c20-16(17-9-12-6-7-24(21,22)11-12)18-10-14-8-15(19-23-14)13-4-2-1-3-5-13/h1-5,8,12H,6-7,9-11H2,(H2,17,18,20)/t12-/m1/s1. The molecule has 2 amide bonds. The highest BCUT2D eigenvalue weighted by Crippen LogP contribution is 2.18. The SMILES string of the molecule is O=C(NCc1cc(-c2ccccc2)no1)NC[C@H]1CCS(=O)(=O)C1. The van der Waals surface area contributed by atoms with E-state index in [1.165, 1.54) is 0 Å². The summed E-state index contributed by atoms with van der Waals surface area (Å²) < 4.78 is 27.9. The number of carbonyl (C=O) groups excluding carboxylic acids is 1. The van der Waals surface area contributed by atoms with Crippen molar-refractivity contribution in [3.05, 3.63) is 42.2 Å². The van der Waals surface area contributed by atoms with Crippen molar-refractivity contribution >= 4 is 15.9 Å². The van der Waals surface area contributed by atoms with E-state index in [0.29, 0.717) is 24.4 Å². The van der Waals surface area contributed by atoms with Gasteiger partial charge in [0, 0.05) is 18.2 Å². The summed E-state index contributed by atoms with van der Waals surface area (Å²) in [5.74, 6) is 0.903. The van der Waals surface area contributed by atoms with E-state index in [1.807, 2.05) is 30.3 Å². The van der Waals surface area contributed by atoms with Crippen molar-refractivity contribution in [2.75, 3.05) is 18.1 Å². The van der Waals surface area contributed by atoms with Crippen molar-refractivity contribution < 1.29 is 17.7 Å². The molecule has 2 aromatic rings. The van der Waals surface area contributed by atoms with Gasteiger partial charge in [-0.3, -0.25) is 0 Å². The lowest BCUT2D eigenvalue weighted by Gasteiger charge is -2.09. The number of nitrogens with zero attached hydrogens (tertiary/aromatic N) is 1. The van der Waals surface area contributed by atoms with Crippen LogP contribution < -0.4 is 10.6 Å². The Bertz CT molecular complexity index is 802. The monoisotopic (exact) mass is 349 g/mol. The Kier molecular flexibility index (Phi) is 4.84. The molecule has 0 radical (unpaired) electrons. The third-order valence-electron chi connectivity index (χ3n) is 3.93. The van der Waals surface area contributed by atoms with Gasteiger partial charge in [-0.15, -0.1) is 0 Å². The minimum atomic E-state index is -2.92. The summed E-state index contributed by atoms with van der Waals surface area (Å²) in [6, 6.07) is 11.0. The predicted octanol–water partition coefficient (Wildman–Crippen LogP) is 1.58. The maximum absolute atomic E-state index is 11.8. The molecule has 128 valence electrons. The van der Waals surface area contributed by atoms with Gasteiger partial charge in [0.25, 0.3) is 0 Å². The number of benzene rings is 1. The molecule has 1 fully saturated rings. The van der Waals surface area contributed by atoms with Crippen LogP contribution in [-0.4, -0.2) is 37.7 Å². The van der Waals surface area contributed by atoms with E-state index in [0.717, 1.165) is 5.56 Å². The fourth-order valence-corrected chi connectivity index (χ4v) is 4.50. The summed E-state index contributed by atoms with van der Waals surface area (Å²) in [5.41, 5.74) is 1.66. The van der Waals surface area contributed by atoms with E-state index in [9.17, 15) is 13.2 Å². The molecule has 1 atom stereocenters. The van der Waals surface area contributed by atoms with Crippen molar-refractivity contribution in [1.29, 1.82) is 0 Å². The average molecular weight is 349 g/mol. The number of amides is 2. The number of hydrogen-bond donors (Lipinski definition) is 2. The van der Waals surface area contributed by atoms with Gasteiger partial charge in [-0.05, 0) is 12.3 Å². The zero-order valence-electron chi connectivity index (χ0n) is 13.1. The third kappa shape index (κ3) is 4.35. The van der Waals surface area contributed by atoms with Crippen LogP contribution in [0, 0.1) is 5.92 Å². The Morgan fingerprint density at radius 3 is 2.75 bits per heavy atom. The first kappa shape index (κ1) is 16.5. The van der Waals surface area contributed by atoms with Crippen molar-refractivity contribution in [1.82, 2.24) is 15.8 Å². The van der Waals surface area contributed by atoms with Crippen LogP contribution in [0.5, 0.6) is 0 Å². The minimum Gasteiger partial charge on any atom is -0.359 e. The van der Waals surface area contributed by atoms with Gasteiger partial charge < -0.3 is 15.2 Å². The lowest BCUT2D eigenvalue weighted by atomic mass is 10.1. The molecule has 1 aliphatic heterocycles. The molecule has 0 aliphatic carbocycles. The number of aromatic nitrogens is 1. The van der Waals surface area contributed by atoms with E-state index < -0.39 is 9.84 Å². The van der Waals surface area contributed by atoms with Gasteiger partial charge in [-0.2, -0.15) is 0 Å². The van der Waals surface area contributed by atoms with Crippen LogP contribution in [0.15, 0.2) is 40.9 Å². The van der Waals surface area contributed by atoms with Gasteiger partial charge in [-0.25, -0.2) is 13.2 Å². The molecule has 8 heteroatoms. The Morgan fingerprint density at radius 2 is 2.04 bits per heavy atom. The Hall–Kier alpha value is -2.35. The van der Waals surface area contributed by atoms with E-state index >= 15 is 0 Å². The van der Waals surface area contributed by atoms with Crippen molar-refractivity contribution in [3.8, 4) is 11.3 Å². The maximum atomic E-state index is 11.8. The molecule has 0 unspecified atom stereocenters. The number of sulfone groups is 1. The van der Waals surface area contributed by atoms with E-state index in [4.69, 9.17) is 4.52 Å². The van der Waals surface area contributed by atoms with Gasteiger partial charge in [0.15, 0.2) is 15.6 Å². The third-order valence-corrected chi connectivity index (χ3v) is 5.77. The van der Waals surface area contributed by atoms with Gasteiger partial charge in [0.2, 0.25) is 0 Å². The molecular weight excluding hydrogens is 330 g/mol. The summed E-state index contributed by atoms with van der Waals surface area (Å²) in [6.07, 6.45) is 0.602. The summed E-state index contributed by atoms with van der Waals surface area (Å²) in [4.78, 5) is 11.8. The molecule has 2 heterocycles. The zero-order valence-corrected chi connectivity index (χ0v) is 13.9. The second-order valence-corrected chi connectivity index (χ2v) is 8.11. The lowest BCUT2D eigenvalue weighted by molar-refractivity contribution is 0.237. The molecule has 0 spiro atoms. The van der Waals surface area contributed by atoms with Crippen LogP contribution in [0.2, 0.25) is 0 Å². The first-order valence-corrected chi connectivity index (χ1v) is 9.57. The van der Waals surface area contributed by atoms with Crippen LogP contribution in [0.3, 0.4) is 0 Å². The van der Waals surface area contributed by atoms with Crippen molar-refractivity contribution in [3.63, 3.8) is 0 Å². The predicted molar refractivity (Wildman–Crippen MR) is 88.9 cm³/mol. The summed E-state index contributed by atoms with van der Waals surface area (Å²) in [5, 5.41) is 9.35. The molecule has 0 saturated carbocycles. The highest BCUT2D eigenvalue weighted by molar-refractivity contribution is 7.91. The Labute approximate surface area is 140 Å². The second kappa shape index (κ2) is 7.04. The molecule has 1 aliphatic rings. The average Bonchev–Trinajstić information content (AvgIpc) is 3.18. The number of nitrogens with one attached hydrogen (secondary N) is 2. The van der Waals surface area contributed by atoms with Crippen LogP contribution in [0.1, 0.15) is 12.2 Å². The second-order valence-electron chi connectivity index (χ2n) is 5.88. The molecule has 2 N–H and O–H groups in total. The molecule has 0 bridgehead atoms. The topological polar surface area (TPSA) is 101 Å². The molecule has 1 aromatic carbocycles. The fraction of sp³-hybridized carbons (Fsp3) is 0.375. The van der Waals surface area contributed by atoms with Crippen LogP contribution in [-0.2, 0) is 16.4 Å². The van der Waals surface area contributed by atoms with Gasteiger partial charge in [0.1, 0.15) is 5.69 Å². The van der Waals surface area contributed by atoms with Crippen LogP contribution >= 0.6 is 0 Å². The highest BCUT2D eigenvalue weighted by atomic mass is 32.2. The number of rotatable bonds is 5. The summed E-state index contributed by atoms with van der Waals surface area (Å²) in [7, 11) is -2.92. The molecule has 1 aromatic heterocycles.